The van der Waals surface area contributed by atoms with Crippen molar-refractivity contribution >= 4 is 17.9 Å². The maximum Gasteiger partial charge on any atom is 0.306 e. The highest BCUT2D eigenvalue weighted by atomic mass is 16.6. The van der Waals surface area contributed by atoms with Gasteiger partial charge in [0.1, 0.15) is 12.6 Å². The van der Waals surface area contributed by atoms with Gasteiger partial charge in [-0.1, -0.05) is 127 Å². The van der Waals surface area contributed by atoms with Crippen molar-refractivity contribution in [2.75, 3.05) is 41.0 Å². The molecule has 2 atom stereocenters. The lowest BCUT2D eigenvalue weighted by Gasteiger charge is -2.34. The predicted molar refractivity (Wildman–Crippen MR) is 203 cm³/mol. The lowest BCUT2D eigenvalue weighted by atomic mass is 10.1. The molecule has 8 nitrogen and oxygen atoms in total. The van der Waals surface area contributed by atoms with Gasteiger partial charge >= 0.3 is 11.9 Å². The van der Waals surface area contributed by atoms with E-state index in [0.29, 0.717) is 12.8 Å². The number of esters is 2. The normalized spacial score (nSPS) is 13.5. The van der Waals surface area contributed by atoms with Crippen molar-refractivity contribution in [3.05, 3.63) is 48.6 Å². The number of aliphatic carboxylic acids is 1. The van der Waals surface area contributed by atoms with Crippen LogP contribution in [-0.4, -0.2) is 75.5 Å². The first-order valence-electron chi connectivity index (χ1n) is 19.7. The quantitative estimate of drug-likeness (QED) is 0.0217. The number of likely N-dealkylation sites (N-methyl/N-ethyl adjacent to an activating group) is 1. The van der Waals surface area contributed by atoms with E-state index in [4.69, 9.17) is 14.2 Å². The molecule has 50 heavy (non-hydrogen) atoms. The summed E-state index contributed by atoms with van der Waals surface area (Å²) in [4.78, 5) is 36.5. The van der Waals surface area contributed by atoms with Crippen LogP contribution in [-0.2, 0) is 28.6 Å². The van der Waals surface area contributed by atoms with Crippen LogP contribution in [0.15, 0.2) is 48.6 Å². The highest BCUT2D eigenvalue weighted by molar-refractivity contribution is 5.70. The van der Waals surface area contributed by atoms with E-state index in [9.17, 15) is 19.5 Å². The van der Waals surface area contributed by atoms with Gasteiger partial charge in [0.05, 0.1) is 40.3 Å². The molecule has 288 valence electrons. The molecule has 2 unspecified atom stereocenters. The van der Waals surface area contributed by atoms with Gasteiger partial charge in [0, 0.05) is 19.3 Å². The number of carboxylic acids is 1. The second kappa shape index (κ2) is 33.4. The van der Waals surface area contributed by atoms with Gasteiger partial charge < -0.3 is 28.6 Å². The summed E-state index contributed by atoms with van der Waals surface area (Å²) in [5, 5.41) is 11.6. The molecule has 0 amide bonds. The third-order valence-electron chi connectivity index (χ3n) is 8.51. The van der Waals surface area contributed by atoms with Gasteiger partial charge in [0.25, 0.3) is 0 Å². The minimum Gasteiger partial charge on any atom is -0.544 e. The van der Waals surface area contributed by atoms with Gasteiger partial charge in [0.2, 0.25) is 0 Å². The maximum atomic E-state index is 12.5. The van der Waals surface area contributed by atoms with E-state index in [2.05, 4.69) is 56.4 Å². The fraction of sp³-hybridized carbons (Fsp3) is 0.738. The molecule has 0 rings (SSSR count). The lowest BCUT2D eigenvalue weighted by molar-refractivity contribution is -0.889. The molecule has 8 heteroatoms. The summed E-state index contributed by atoms with van der Waals surface area (Å²) in [6, 6.07) is -0.733. The Bertz CT molecular complexity index is 964. The molecule has 0 bridgehead atoms. The van der Waals surface area contributed by atoms with Crippen molar-refractivity contribution in [3.8, 4) is 0 Å². The second-order valence-corrected chi connectivity index (χ2v) is 14.2. The summed E-state index contributed by atoms with van der Waals surface area (Å²) < 4.78 is 17.0. The van der Waals surface area contributed by atoms with Gasteiger partial charge in [-0.3, -0.25) is 9.59 Å². The van der Waals surface area contributed by atoms with Gasteiger partial charge in [-0.15, -0.1) is 0 Å². The van der Waals surface area contributed by atoms with Crippen molar-refractivity contribution in [2.24, 2.45) is 0 Å². The number of ether oxygens (including phenoxy) is 3. The largest absolute Gasteiger partial charge is 0.544 e. The average molecular weight is 704 g/mol. The number of allylic oxidation sites excluding steroid dienone is 8. The summed E-state index contributed by atoms with van der Waals surface area (Å²) in [5.41, 5.74) is 0. The zero-order valence-electron chi connectivity index (χ0n) is 32.5. The van der Waals surface area contributed by atoms with Crippen LogP contribution < -0.4 is 5.11 Å². The minimum atomic E-state index is -1.14. The molecule has 0 spiro atoms. The van der Waals surface area contributed by atoms with E-state index in [-0.39, 0.29) is 49.1 Å². The van der Waals surface area contributed by atoms with Crippen molar-refractivity contribution in [1.29, 1.82) is 0 Å². The number of rotatable bonds is 34. The van der Waals surface area contributed by atoms with Crippen LogP contribution in [0.4, 0.5) is 0 Å². The molecule has 0 saturated heterocycles. The Kier molecular flexibility index (Phi) is 31.6. The van der Waals surface area contributed by atoms with Crippen molar-refractivity contribution in [3.63, 3.8) is 0 Å². The maximum absolute atomic E-state index is 12.5. The Labute approximate surface area is 306 Å². The number of hydrogen-bond donors (Lipinski definition) is 0. The molecule has 0 saturated carbocycles. The van der Waals surface area contributed by atoms with Crippen LogP contribution in [0.3, 0.4) is 0 Å². The zero-order valence-corrected chi connectivity index (χ0v) is 32.5. The summed E-state index contributed by atoms with van der Waals surface area (Å²) in [6.07, 6.45) is 37.3. The number of quaternary nitrogens is 1. The van der Waals surface area contributed by atoms with Crippen LogP contribution >= 0.6 is 0 Å². The zero-order chi connectivity index (χ0) is 37.1. The van der Waals surface area contributed by atoms with E-state index < -0.39 is 18.1 Å². The first kappa shape index (κ1) is 47.3. The van der Waals surface area contributed by atoms with Gasteiger partial charge in [-0.25, -0.2) is 0 Å². The highest BCUT2D eigenvalue weighted by Crippen LogP contribution is 2.11. The van der Waals surface area contributed by atoms with E-state index in [1.165, 1.54) is 51.4 Å². The third kappa shape index (κ3) is 31.3. The average Bonchev–Trinajstić information content (AvgIpc) is 3.06. The smallest absolute Gasteiger partial charge is 0.306 e. The molecule has 0 aliphatic carbocycles. The second-order valence-electron chi connectivity index (χ2n) is 14.2. The van der Waals surface area contributed by atoms with Crippen LogP contribution in [0.1, 0.15) is 149 Å². The van der Waals surface area contributed by atoms with Crippen molar-refractivity contribution in [2.45, 2.75) is 161 Å². The predicted octanol–water partition coefficient (Wildman–Crippen LogP) is 8.74. The minimum absolute atomic E-state index is 0.0172. The number of carbonyl (C=O) groups excluding carboxylic acids is 3. The Balaban J connectivity index is 4.39. The number of carboxylic acid groups (broad SMARTS) is 1. The van der Waals surface area contributed by atoms with Crippen molar-refractivity contribution in [1.82, 2.24) is 0 Å². The van der Waals surface area contributed by atoms with E-state index >= 15 is 0 Å². The Morgan fingerprint density at radius 3 is 1.70 bits per heavy atom. The topological polar surface area (TPSA) is 102 Å². The number of carbonyl (C=O) groups is 3. The van der Waals surface area contributed by atoms with E-state index in [1.54, 1.807) is 21.1 Å². The van der Waals surface area contributed by atoms with Gasteiger partial charge in [0.15, 0.2) is 6.10 Å². The third-order valence-corrected chi connectivity index (χ3v) is 8.51. The molecule has 0 aliphatic heterocycles. The summed E-state index contributed by atoms with van der Waals surface area (Å²) in [5.74, 6) is -1.84. The monoisotopic (exact) mass is 704 g/mol. The summed E-state index contributed by atoms with van der Waals surface area (Å²) >= 11 is 0. The highest BCUT2D eigenvalue weighted by Gasteiger charge is 2.25. The van der Waals surface area contributed by atoms with E-state index in [0.717, 1.165) is 57.8 Å². The molecule has 0 aromatic heterocycles. The molecule has 0 aliphatic rings. The van der Waals surface area contributed by atoms with E-state index in [1.807, 2.05) is 6.08 Å². The van der Waals surface area contributed by atoms with Gasteiger partial charge in [-0.2, -0.15) is 0 Å². The Morgan fingerprint density at radius 1 is 0.600 bits per heavy atom. The number of hydrogen-bond acceptors (Lipinski definition) is 7. The molecule has 0 heterocycles. The molecule has 0 aromatic carbocycles. The Hall–Kier alpha value is -2.71. The first-order chi connectivity index (χ1) is 24.1. The molecular formula is C42H73NO7. The standard InChI is InChI=1S/C42H73NO7/c1-6-8-10-12-14-16-17-18-19-20-21-22-23-24-25-27-28-30-32-40(44)49-37-38(36-48-35-34-39(42(46)47)43(3,4)5)50-41(45)33-31-29-26-15-13-11-9-7-2/h17-22,26,29,38-39H,6-16,23-25,27-28,30-37H2,1-5H3/b18-17+,20-19+,22-21+,29-26+. The number of nitrogens with zero attached hydrogens (tertiary/aromatic N) is 1. The molecule has 0 aromatic rings. The fourth-order valence-corrected chi connectivity index (χ4v) is 5.38. The molecule has 0 fully saturated rings. The molecular weight excluding hydrogens is 630 g/mol. The first-order valence-corrected chi connectivity index (χ1v) is 19.7. The van der Waals surface area contributed by atoms with Crippen LogP contribution in [0, 0.1) is 0 Å². The Morgan fingerprint density at radius 2 is 1.12 bits per heavy atom. The van der Waals surface area contributed by atoms with Crippen LogP contribution in [0.5, 0.6) is 0 Å². The molecule has 0 radical (unpaired) electrons. The SMILES string of the molecule is CCCCCC/C=C/CCC(=O)OC(COCCC(C(=O)[O-])[N+](C)(C)C)COC(=O)CCCCCCC/C=C/C=C/C=C/CCCCCCC. The van der Waals surface area contributed by atoms with Gasteiger partial charge in [-0.05, 0) is 51.4 Å². The molecule has 0 N–H and O–H groups in total. The van der Waals surface area contributed by atoms with Crippen molar-refractivity contribution < 1.29 is 38.2 Å². The summed E-state index contributed by atoms with van der Waals surface area (Å²) in [6.45, 7) is 4.51. The van der Waals surface area contributed by atoms with Crippen LogP contribution in [0.25, 0.3) is 0 Å². The lowest BCUT2D eigenvalue weighted by Crippen LogP contribution is -2.55. The summed E-state index contributed by atoms with van der Waals surface area (Å²) in [7, 11) is 5.37. The number of unbranched alkanes of at least 4 members (excludes halogenated alkanes) is 14. The van der Waals surface area contributed by atoms with Crippen LogP contribution in [0.2, 0.25) is 0 Å². The fourth-order valence-electron chi connectivity index (χ4n) is 5.38.